The normalized spacial score (nSPS) is 17.6. The van der Waals surface area contributed by atoms with Crippen LogP contribution in [0.3, 0.4) is 0 Å². The van der Waals surface area contributed by atoms with E-state index in [-0.39, 0.29) is 0 Å². The number of benzene rings is 2. The predicted molar refractivity (Wildman–Crippen MR) is 103 cm³/mol. The monoisotopic (exact) mass is 324 g/mol. The molecule has 23 heavy (non-hydrogen) atoms. The minimum absolute atomic E-state index is 0.361. The molecule has 3 rings (SSSR count). The first-order valence-corrected chi connectivity index (χ1v) is 8.32. The zero-order chi connectivity index (χ0) is 16.6. The quantitative estimate of drug-likeness (QED) is 0.873. The Morgan fingerprint density at radius 3 is 2.65 bits per heavy atom. The van der Waals surface area contributed by atoms with Gasteiger partial charge in [-0.15, -0.1) is 0 Å². The van der Waals surface area contributed by atoms with Gasteiger partial charge in [-0.25, -0.2) is 0 Å². The Kier molecular flexibility index (Phi) is 4.51. The van der Waals surface area contributed by atoms with E-state index in [1.54, 1.807) is 0 Å². The molecule has 1 N–H and O–H groups in total. The van der Waals surface area contributed by atoms with Crippen LogP contribution in [0.1, 0.15) is 29.5 Å². The van der Waals surface area contributed by atoms with E-state index in [2.05, 4.69) is 68.1 Å². The lowest BCUT2D eigenvalue weighted by molar-refractivity contribution is 0.295. The number of hydrogen-bond donors (Lipinski definition) is 1. The number of halogens is 1. The molecule has 1 heterocycles. The Bertz CT molecular complexity index is 740. The van der Waals surface area contributed by atoms with Crippen LogP contribution in [0.15, 0.2) is 48.7 Å². The van der Waals surface area contributed by atoms with Crippen molar-refractivity contribution in [2.24, 2.45) is 0 Å². The van der Waals surface area contributed by atoms with Crippen LogP contribution in [0.5, 0.6) is 0 Å². The van der Waals surface area contributed by atoms with E-state index in [4.69, 9.17) is 11.6 Å². The third kappa shape index (κ3) is 3.46. The summed E-state index contributed by atoms with van der Waals surface area (Å²) in [5, 5.41) is 4.14. The number of fused-ring (bicyclic) bond motifs is 1. The highest BCUT2D eigenvalue weighted by Crippen LogP contribution is 2.36. The molecule has 0 aliphatic carbocycles. The zero-order valence-electron chi connectivity index (χ0n) is 14.0. The molecule has 2 aromatic carbocycles. The Hall–Kier alpha value is -1.71. The first kappa shape index (κ1) is 16.2. The molecular formula is C19H22BClN2. The molecule has 0 fully saturated rings. The summed E-state index contributed by atoms with van der Waals surface area (Å²) in [5.41, 5.74) is 7.21. The first-order chi connectivity index (χ1) is 10.9. The average Bonchev–Trinajstić information content (AvgIpc) is 2.48. The van der Waals surface area contributed by atoms with Crippen molar-refractivity contribution in [2.45, 2.75) is 19.4 Å². The maximum absolute atomic E-state index is 6.50. The van der Waals surface area contributed by atoms with E-state index >= 15 is 0 Å². The summed E-state index contributed by atoms with van der Waals surface area (Å²) in [6.45, 7) is 7.78. The van der Waals surface area contributed by atoms with Gasteiger partial charge in [0.25, 0.3) is 0 Å². The number of allylic oxidation sites excluding steroid dienone is 1. The molecule has 2 nitrogen and oxygen atoms in total. The molecule has 1 aliphatic heterocycles. The van der Waals surface area contributed by atoms with E-state index in [1.165, 1.54) is 22.2 Å². The summed E-state index contributed by atoms with van der Waals surface area (Å²) in [4.78, 5) is 2.34. The highest BCUT2D eigenvalue weighted by atomic mass is 35.5. The number of likely N-dealkylation sites (N-methyl/N-ethyl adjacent to an activating group) is 1. The fourth-order valence-electron chi connectivity index (χ4n) is 3.35. The minimum atomic E-state index is 0.361. The highest BCUT2D eigenvalue weighted by Gasteiger charge is 2.26. The zero-order valence-corrected chi connectivity index (χ0v) is 14.7. The highest BCUT2D eigenvalue weighted by molar-refractivity contribution is 6.36. The molecule has 0 radical (unpaired) electrons. The second-order valence-electron chi connectivity index (χ2n) is 6.59. The summed E-state index contributed by atoms with van der Waals surface area (Å²) in [5.74, 6) is 0.361. The van der Waals surface area contributed by atoms with Gasteiger partial charge in [0.2, 0.25) is 0 Å². The maximum Gasteiger partial charge on any atom is 0.139 e. The molecule has 4 heteroatoms. The SMILES string of the molecule is Bc1cc(Cl)c2c(c1)C(c1ccc(NC(=C)C)cc1)CN(C)C2. The van der Waals surface area contributed by atoms with E-state index in [1.807, 2.05) is 6.92 Å². The second kappa shape index (κ2) is 6.42. The lowest BCUT2D eigenvalue weighted by Crippen LogP contribution is -2.32. The van der Waals surface area contributed by atoms with Gasteiger partial charge >= 0.3 is 0 Å². The van der Waals surface area contributed by atoms with Crippen LogP contribution in [-0.2, 0) is 6.54 Å². The summed E-state index contributed by atoms with van der Waals surface area (Å²) < 4.78 is 0. The van der Waals surface area contributed by atoms with Crippen molar-refractivity contribution in [3.8, 4) is 0 Å². The number of anilines is 1. The van der Waals surface area contributed by atoms with Crippen LogP contribution in [-0.4, -0.2) is 26.3 Å². The second-order valence-corrected chi connectivity index (χ2v) is 7.00. The van der Waals surface area contributed by atoms with Crippen LogP contribution < -0.4 is 10.8 Å². The van der Waals surface area contributed by atoms with E-state index in [0.29, 0.717) is 5.92 Å². The lowest BCUT2D eigenvalue weighted by atomic mass is 9.81. The van der Waals surface area contributed by atoms with Gasteiger partial charge in [0.1, 0.15) is 7.85 Å². The Labute approximate surface area is 144 Å². The standard InChI is InChI=1S/C19H22BClN2/c1-12(2)22-15-6-4-13(5-7-15)17-10-23(3)11-18-16(17)8-14(20)9-19(18)21/h4-9,17,22H,1,10-11,20H2,2-3H3. The predicted octanol–water partition coefficient (Wildman–Crippen LogP) is 3.12. The smallest absolute Gasteiger partial charge is 0.139 e. The van der Waals surface area contributed by atoms with Crippen LogP contribution in [0, 0.1) is 0 Å². The first-order valence-electron chi connectivity index (χ1n) is 7.94. The molecule has 1 unspecified atom stereocenters. The molecule has 1 atom stereocenters. The van der Waals surface area contributed by atoms with Gasteiger partial charge in [0.05, 0.1) is 0 Å². The van der Waals surface area contributed by atoms with Gasteiger partial charge in [-0.2, -0.15) is 0 Å². The maximum atomic E-state index is 6.50. The topological polar surface area (TPSA) is 15.3 Å². The van der Waals surface area contributed by atoms with Gasteiger partial charge in [0, 0.05) is 35.4 Å². The Morgan fingerprint density at radius 2 is 2.00 bits per heavy atom. The summed E-state index contributed by atoms with van der Waals surface area (Å²) in [6.07, 6.45) is 0. The molecule has 0 bridgehead atoms. The third-order valence-corrected chi connectivity index (χ3v) is 4.68. The minimum Gasteiger partial charge on any atom is -0.360 e. The van der Waals surface area contributed by atoms with Crippen molar-refractivity contribution in [1.29, 1.82) is 0 Å². The van der Waals surface area contributed by atoms with Crippen molar-refractivity contribution in [1.82, 2.24) is 4.90 Å². The van der Waals surface area contributed by atoms with Crippen molar-refractivity contribution in [3.05, 3.63) is 70.4 Å². The molecule has 1 aliphatic rings. The lowest BCUT2D eigenvalue weighted by Gasteiger charge is -2.33. The number of rotatable bonds is 3. The molecule has 2 aromatic rings. The van der Waals surface area contributed by atoms with E-state index < -0.39 is 0 Å². The van der Waals surface area contributed by atoms with E-state index in [0.717, 1.165) is 29.5 Å². The molecule has 0 spiro atoms. The number of hydrogen-bond acceptors (Lipinski definition) is 2. The van der Waals surface area contributed by atoms with Crippen LogP contribution in [0.2, 0.25) is 5.02 Å². The molecule has 0 saturated heterocycles. The van der Waals surface area contributed by atoms with Gasteiger partial charge in [0.15, 0.2) is 0 Å². The molecular weight excluding hydrogens is 302 g/mol. The number of nitrogens with one attached hydrogen (secondary N) is 1. The summed E-state index contributed by atoms with van der Waals surface area (Å²) >= 11 is 6.50. The van der Waals surface area contributed by atoms with Crippen LogP contribution >= 0.6 is 11.6 Å². The molecule has 0 amide bonds. The van der Waals surface area contributed by atoms with Gasteiger partial charge < -0.3 is 10.2 Å². The third-order valence-electron chi connectivity index (χ3n) is 4.34. The van der Waals surface area contributed by atoms with Crippen molar-refractivity contribution < 1.29 is 0 Å². The molecule has 0 saturated carbocycles. The largest absolute Gasteiger partial charge is 0.360 e. The summed E-state index contributed by atoms with van der Waals surface area (Å²) in [7, 11) is 4.27. The van der Waals surface area contributed by atoms with Crippen LogP contribution in [0.4, 0.5) is 5.69 Å². The fraction of sp³-hybridized carbons (Fsp3) is 0.263. The fourth-order valence-corrected chi connectivity index (χ4v) is 3.69. The van der Waals surface area contributed by atoms with Gasteiger partial charge in [-0.3, -0.25) is 0 Å². The Morgan fingerprint density at radius 1 is 1.30 bits per heavy atom. The van der Waals surface area contributed by atoms with Gasteiger partial charge in [-0.1, -0.05) is 41.8 Å². The van der Waals surface area contributed by atoms with Crippen molar-refractivity contribution in [2.75, 3.05) is 18.9 Å². The van der Waals surface area contributed by atoms with Crippen molar-refractivity contribution >= 4 is 30.6 Å². The molecule has 118 valence electrons. The average molecular weight is 325 g/mol. The summed E-state index contributed by atoms with van der Waals surface area (Å²) in [6, 6.07) is 13.0. The van der Waals surface area contributed by atoms with E-state index in [9.17, 15) is 0 Å². The Balaban J connectivity index is 1.99. The molecule has 0 aromatic heterocycles. The van der Waals surface area contributed by atoms with Gasteiger partial charge in [-0.05, 0) is 48.9 Å². The van der Waals surface area contributed by atoms with Crippen molar-refractivity contribution in [3.63, 3.8) is 0 Å². The van der Waals surface area contributed by atoms with Crippen LogP contribution in [0.25, 0.3) is 0 Å². The number of nitrogens with zero attached hydrogens (tertiary/aromatic N) is 1.